The Kier molecular flexibility index (Phi) is 6.37. The van der Waals surface area contributed by atoms with Crippen LogP contribution in [0.15, 0.2) is 18.7 Å². The smallest absolute Gasteiger partial charge is 0.337 e. The zero-order chi connectivity index (χ0) is 23.0. The molecule has 0 bridgehead atoms. The Bertz CT molecular complexity index is 942. The second-order valence-corrected chi connectivity index (χ2v) is 10.1. The molecular weight excluding hydrogens is 392 g/mol. The molecule has 2 aromatic heterocycles. The van der Waals surface area contributed by atoms with Gasteiger partial charge in [-0.05, 0) is 52.9 Å². The number of carboxylic acid groups (broad SMARTS) is 1. The molecule has 7 heteroatoms. The first-order valence-electron chi connectivity index (χ1n) is 10.8. The summed E-state index contributed by atoms with van der Waals surface area (Å²) in [6, 6.07) is 0. The number of hydrogen-bond donors (Lipinski definition) is 1. The van der Waals surface area contributed by atoms with E-state index in [1.807, 2.05) is 34.6 Å². The van der Waals surface area contributed by atoms with Crippen LogP contribution in [0.1, 0.15) is 70.5 Å². The molecular formula is C24H34N4O3. The predicted octanol–water partition coefficient (Wildman–Crippen LogP) is 4.72. The van der Waals surface area contributed by atoms with Crippen molar-refractivity contribution in [3.05, 3.63) is 35.7 Å². The van der Waals surface area contributed by atoms with Crippen molar-refractivity contribution in [2.45, 2.75) is 73.0 Å². The number of aryl methyl sites for hydroxylation is 2. The molecule has 3 heterocycles. The quantitative estimate of drug-likeness (QED) is 0.740. The van der Waals surface area contributed by atoms with Gasteiger partial charge in [-0.15, -0.1) is 0 Å². The van der Waals surface area contributed by atoms with Crippen LogP contribution in [0.25, 0.3) is 11.1 Å². The highest BCUT2D eigenvalue weighted by Crippen LogP contribution is 2.44. The van der Waals surface area contributed by atoms with Crippen LogP contribution in [0.4, 0.5) is 5.69 Å². The number of ether oxygens (including phenoxy) is 1. The molecule has 31 heavy (non-hydrogen) atoms. The SMILES string of the molecule is Cc1nc(C)c([C@H](OC(C)(C)C)C(=O)O)c(N2CCC(C)(C)CC2)c1-c1cncnc1. The summed E-state index contributed by atoms with van der Waals surface area (Å²) < 4.78 is 6.07. The molecule has 7 nitrogen and oxygen atoms in total. The van der Waals surface area contributed by atoms with Crippen LogP contribution in [0, 0.1) is 19.3 Å². The fourth-order valence-corrected chi connectivity index (χ4v) is 4.18. The number of carbonyl (C=O) groups is 1. The zero-order valence-corrected chi connectivity index (χ0v) is 19.7. The standard InChI is InChI=1S/C24H34N4O3/c1-15-18(17-12-25-14-26-13-17)20(28-10-8-24(6,7)9-11-28)19(16(2)27-15)21(22(29)30)31-23(3,4)5/h12-14,21H,8-11H2,1-7H3,(H,29,30)/t21-/m0/s1. The van der Waals surface area contributed by atoms with Gasteiger partial charge in [-0.25, -0.2) is 14.8 Å². The Morgan fingerprint density at radius 3 is 2.23 bits per heavy atom. The first-order chi connectivity index (χ1) is 14.4. The van der Waals surface area contributed by atoms with E-state index in [9.17, 15) is 9.90 Å². The lowest BCUT2D eigenvalue weighted by molar-refractivity contribution is -0.160. The molecule has 1 N–H and O–H groups in total. The minimum Gasteiger partial charge on any atom is -0.479 e. The molecule has 1 aliphatic rings. The Morgan fingerprint density at radius 2 is 1.71 bits per heavy atom. The van der Waals surface area contributed by atoms with E-state index < -0.39 is 17.7 Å². The lowest BCUT2D eigenvalue weighted by Gasteiger charge is -2.41. The molecule has 2 aromatic rings. The second-order valence-electron chi connectivity index (χ2n) is 10.1. The highest BCUT2D eigenvalue weighted by atomic mass is 16.5. The van der Waals surface area contributed by atoms with Crippen LogP contribution in [-0.4, -0.2) is 44.7 Å². The van der Waals surface area contributed by atoms with Gasteiger partial charge in [0.1, 0.15) is 6.33 Å². The largest absolute Gasteiger partial charge is 0.479 e. The minimum atomic E-state index is -1.12. The van der Waals surface area contributed by atoms with Crippen LogP contribution < -0.4 is 4.90 Å². The summed E-state index contributed by atoms with van der Waals surface area (Å²) >= 11 is 0. The van der Waals surface area contributed by atoms with Crippen molar-refractivity contribution in [1.29, 1.82) is 0 Å². The van der Waals surface area contributed by atoms with Gasteiger partial charge in [-0.2, -0.15) is 0 Å². The van der Waals surface area contributed by atoms with E-state index in [0.717, 1.165) is 48.4 Å². The van der Waals surface area contributed by atoms with Crippen molar-refractivity contribution in [2.75, 3.05) is 18.0 Å². The zero-order valence-electron chi connectivity index (χ0n) is 19.7. The molecule has 0 spiro atoms. The van der Waals surface area contributed by atoms with Crippen LogP contribution in [0.3, 0.4) is 0 Å². The number of aromatic nitrogens is 3. The van der Waals surface area contributed by atoms with Gasteiger partial charge in [0, 0.05) is 53.6 Å². The Morgan fingerprint density at radius 1 is 1.13 bits per heavy atom. The molecule has 0 radical (unpaired) electrons. The van der Waals surface area contributed by atoms with Gasteiger partial charge in [-0.3, -0.25) is 4.98 Å². The number of hydrogen-bond acceptors (Lipinski definition) is 6. The molecule has 1 fully saturated rings. The average Bonchev–Trinajstić information content (AvgIpc) is 2.66. The number of rotatable bonds is 5. The summed E-state index contributed by atoms with van der Waals surface area (Å²) in [7, 11) is 0. The van der Waals surface area contributed by atoms with Crippen molar-refractivity contribution in [3.8, 4) is 11.1 Å². The monoisotopic (exact) mass is 426 g/mol. The van der Waals surface area contributed by atoms with Crippen LogP contribution in [0.5, 0.6) is 0 Å². The molecule has 0 saturated carbocycles. The van der Waals surface area contributed by atoms with Gasteiger partial charge in [-0.1, -0.05) is 13.8 Å². The van der Waals surface area contributed by atoms with Gasteiger partial charge >= 0.3 is 5.97 Å². The van der Waals surface area contributed by atoms with Crippen molar-refractivity contribution < 1.29 is 14.6 Å². The van der Waals surface area contributed by atoms with Crippen molar-refractivity contribution in [1.82, 2.24) is 15.0 Å². The third-order valence-electron chi connectivity index (χ3n) is 5.82. The Hall–Kier alpha value is -2.54. The Labute approximate surface area is 184 Å². The number of pyridine rings is 1. The third kappa shape index (κ3) is 5.21. The molecule has 0 aliphatic carbocycles. The van der Waals surface area contributed by atoms with Gasteiger partial charge in [0.2, 0.25) is 0 Å². The molecule has 1 atom stereocenters. The molecule has 0 unspecified atom stereocenters. The maximum atomic E-state index is 12.4. The van der Waals surface area contributed by atoms with E-state index in [-0.39, 0.29) is 5.41 Å². The van der Waals surface area contributed by atoms with Crippen molar-refractivity contribution in [3.63, 3.8) is 0 Å². The molecule has 0 aromatic carbocycles. The number of piperidine rings is 1. The van der Waals surface area contributed by atoms with Crippen LogP contribution >= 0.6 is 0 Å². The summed E-state index contributed by atoms with van der Waals surface area (Å²) in [4.78, 5) is 27.8. The molecule has 168 valence electrons. The lowest BCUT2D eigenvalue weighted by Crippen LogP contribution is -2.39. The van der Waals surface area contributed by atoms with E-state index in [4.69, 9.17) is 9.72 Å². The van der Waals surface area contributed by atoms with Gasteiger partial charge < -0.3 is 14.7 Å². The summed E-state index contributed by atoms with van der Waals surface area (Å²) in [5.41, 5.74) is 4.34. The fraction of sp³-hybridized carbons (Fsp3) is 0.583. The molecule has 1 saturated heterocycles. The summed E-state index contributed by atoms with van der Waals surface area (Å²) in [5.74, 6) is -1.02. The summed E-state index contributed by atoms with van der Waals surface area (Å²) in [6.07, 6.45) is 5.93. The topological polar surface area (TPSA) is 88.4 Å². The van der Waals surface area contributed by atoms with E-state index >= 15 is 0 Å². The minimum absolute atomic E-state index is 0.262. The molecule has 3 rings (SSSR count). The van der Waals surface area contributed by atoms with E-state index in [2.05, 4.69) is 28.7 Å². The van der Waals surface area contributed by atoms with Crippen molar-refractivity contribution in [2.24, 2.45) is 5.41 Å². The van der Waals surface area contributed by atoms with E-state index in [1.165, 1.54) is 6.33 Å². The number of aliphatic carboxylic acids is 1. The number of carboxylic acids is 1. The number of anilines is 1. The summed E-state index contributed by atoms with van der Waals surface area (Å²) in [6.45, 7) is 15.7. The van der Waals surface area contributed by atoms with Gasteiger partial charge in [0.05, 0.1) is 11.3 Å². The van der Waals surface area contributed by atoms with Crippen LogP contribution in [-0.2, 0) is 9.53 Å². The van der Waals surface area contributed by atoms with Gasteiger partial charge in [0.25, 0.3) is 0 Å². The maximum Gasteiger partial charge on any atom is 0.337 e. The van der Waals surface area contributed by atoms with Gasteiger partial charge in [0.15, 0.2) is 6.10 Å². The first-order valence-corrected chi connectivity index (χ1v) is 10.8. The van der Waals surface area contributed by atoms with Crippen molar-refractivity contribution >= 4 is 11.7 Å². The highest BCUT2D eigenvalue weighted by molar-refractivity contribution is 5.87. The summed E-state index contributed by atoms with van der Waals surface area (Å²) in [5, 5.41) is 10.2. The third-order valence-corrected chi connectivity index (χ3v) is 5.82. The normalized spacial score (nSPS) is 17.5. The molecule has 0 amide bonds. The Balaban J connectivity index is 2.28. The number of nitrogens with zero attached hydrogens (tertiary/aromatic N) is 4. The van der Waals surface area contributed by atoms with Crippen LogP contribution in [0.2, 0.25) is 0 Å². The second kappa shape index (κ2) is 8.54. The van der Waals surface area contributed by atoms with E-state index in [1.54, 1.807) is 12.4 Å². The van der Waals surface area contributed by atoms with E-state index in [0.29, 0.717) is 11.3 Å². The lowest BCUT2D eigenvalue weighted by atomic mass is 9.82. The first kappa shape index (κ1) is 23.1. The fourth-order valence-electron chi connectivity index (χ4n) is 4.18. The predicted molar refractivity (Wildman–Crippen MR) is 121 cm³/mol. The molecule has 1 aliphatic heterocycles. The maximum absolute atomic E-state index is 12.4. The highest BCUT2D eigenvalue weighted by Gasteiger charge is 2.36. The average molecular weight is 427 g/mol.